The second-order valence-electron chi connectivity index (χ2n) is 5.52. The Bertz CT molecular complexity index is 934. The third-order valence-corrected chi connectivity index (χ3v) is 4.19. The third kappa shape index (κ3) is 3.81. The molecule has 3 nitrogen and oxygen atoms in total. The molecule has 0 aliphatic heterocycles. The highest BCUT2D eigenvalue weighted by Crippen LogP contribution is 2.21. The average Bonchev–Trinajstić information content (AvgIpc) is 2.67. The van der Waals surface area contributed by atoms with Gasteiger partial charge in [-0.15, -0.1) is 0 Å². The van der Waals surface area contributed by atoms with Crippen LogP contribution in [0.1, 0.15) is 31.8 Å². The SMILES string of the molecule is O=C(OCc1c(F)cccc1Cl)c1ccccc1C(=O)c1ccccc1. The van der Waals surface area contributed by atoms with Gasteiger partial charge in [0, 0.05) is 16.7 Å². The fourth-order valence-electron chi connectivity index (χ4n) is 2.49. The number of esters is 1. The number of hydrogen-bond donors (Lipinski definition) is 0. The van der Waals surface area contributed by atoms with Crippen molar-refractivity contribution in [3.63, 3.8) is 0 Å². The fourth-order valence-corrected chi connectivity index (χ4v) is 2.71. The first-order chi connectivity index (χ1) is 12.6. The Morgan fingerprint density at radius 1 is 0.846 bits per heavy atom. The molecule has 0 N–H and O–H groups in total. The van der Waals surface area contributed by atoms with Crippen LogP contribution in [0.15, 0.2) is 72.8 Å². The smallest absolute Gasteiger partial charge is 0.339 e. The van der Waals surface area contributed by atoms with E-state index in [9.17, 15) is 14.0 Å². The number of ether oxygens (including phenoxy) is 1. The second kappa shape index (κ2) is 7.93. The minimum Gasteiger partial charge on any atom is -0.457 e. The number of hydrogen-bond acceptors (Lipinski definition) is 3. The summed E-state index contributed by atoms with van der Waals surface area (Å²) in [4.78, 5) is 25.1. The normalized spacial score (nSPS) is 10.4. The molecule has 130 valence electrons. The van der Waals surface area contributed by atoms with E-state index in [0.717, 1.165) is 0 Å². The molecule has 0 fully saturated rings. The van der Waals surface area contributed by atoms with Crippen LogP contribution < -0.4 is 0 Å². The van der Waals surface area contributed by atoms with Crippen LogP contribution in [0.3, 0.4) is 0 Å². The molecule has 0 aliphatic carbocycles. The Morgan fingerprint density at radius 2 is 1.50 bits per heavy atom. The minimum absolute atomic E-state index is 0.0920. The highest BCUT2D eigenvalue weighted by atomic mass is 35.5. The highest BCUT2D eigenvalue weighted by Gasteiger charge is 2.19. The summed E-state index contributed by atoms with van der Waals surface area (Å²) in [7, 11) is 0. The first kappa shape index (κ1) is 17.8. The van der Waals surface area contributed by atoms with Crippen LogP contribution >= 0.6 is 11.6 Å². The number of carbonyl (C=O) groups is 2. The molecule has 0 saturated carbocycles. The van der Waals surface area contributed by atoms with Gasteiger partial charge in [0.2, 0.25) is 0 Å². The largest absolute Gasteiger partial charge is 0.457 e. The van der Waals surface area contributed by atoms with Crippen molar-refractivity contribution < 1.29 is 18.7 Å². The zero-order chi connectivity index (χ0) is 18.5. The Hall–Kier alpha value is -2.98. The third-order valence-electron chi connectivity index (χ3n) is 3.84. The first-order valence-electron chi connectivity index (χ1n) is 7.86. The zero-order valence-electron chi connectivity index (χ0n) is 13.6. The van der Waals surface area contributed by atoms with E-state index in [1.807, 2.05) is 0 Å². The number of rotatable bonds is 5. The zero-order valence-corrected chi connectivity index (χ0v) is 14.4. The van der Waals surface area contributed by atoms with E-state index in [-0.39, 0.29) is 34.1 Å². The second-order valence-corrected chi connectivity index (χ2v) is 5.92. The molecule has 0 bridgehead atoms. The van der Waals surface area contributed by atoms with Gasteiger partial charge in [0.15, 0.2) is 5.78 Å². The van der Waals surface area contributed by atoms with E-state index in [1.54, 1.807) is 48.5 Å². The number of benzene rings is 3. The highest BCUT2D eigenvalue weighted by molar-refractivity contribution is 6.31. The molecular weight excluding hydrogens is 355 g/mol. The van der Waals surface area contributed by atoms with E-state index in [1.165, 1.54) is 24.3 Å². The summed E-state index contributed by atoms with van der Waals surface area (Å²) >= 11 is 5.94. The maximum Gasteiger partial charge on any atom is 0.339 e. The molecule has 0 spiro atoms. The summed E-state index contributed by atoms with van der Waals surface area (Å²) in [5.74, 6) is -1.56. The summed E-state index contributed by atoms with van der Waals surface area (Å²) in [6.45, 7) is -0.321. The topological polar surface area (TPSA) is 43.4 Å². The molecule has 3 aromatic carbocycles. The van der Waals surface area contributed by atoms with Crippen LogP contribution in [0.2, 0.25) is 5.02 Å². The van der Waals surface area contributed by atoms with Gasteiger partial charge in [-0.05, 0) is 18.2 Å². The van der Waals surface area contributed by atoms with Crippen LogP contribution in [0.25, 0.3) is 0 Å². The van der Waals surface area contributed by atoms with E-state index < -0.39 is 11.8 Å². The molecule has 3 rings (SSSR count). The van der Waals surface area contributed by atoms with Gasteiger partial charge in [0.25, 0.3) is 0 Å². The summed E-state index contributed by atoms with van der Waals surface area (Å²) in [5, 5.41) is 0.173. The lowest BCUT2D eigenvalue weighted by atomic mass is 9.98. The number of ketones is 1. The lowest BCUT2D eigenvalue weighted by molar-refractivity contribution is 0.0466. The summed E-state index contributed by atoms with van der Waals surface area (Å²) in [5.41, 5.74) is 0.899. The predicted octanol–water partition coefficient (Wildman–Crippen LogP) is 5.07. The molecular formula is C21H14ClFO3. The van der Waals surface area contributed by atoms with Crippen molar-refractivity contribution in [2.24, 2.45) is 0 Å². The van der Waals surface area contributed by atoms with E-state index in [0.29, 0.717) is 5.56 Å². The molecule has 0 unspecified atom stereocenters. The molecule has 0 aromatic heterocycles. The molecule has 0 radical (unpaired) electrons. The number of carbonyl (C=O) groups excluding carboxylic acids is 2. The average molecular weight is 369 g/mol. The molecule has 0 heterocycles. The summed E-state index contributed by atoms with van der Waals surface area (Å²) < 4.78 is 19.0. The minimum atomic E-state index is -0.718. The molecule has 3 aromatic rings. The Balaban J connectivity index is 1.84. The Labute approximate surface area is 155 Å². The van der Waals surface area contributed by atoms with E-state index in [4.69, 9.17) is 16.3 Å². The monoisotopic (exact) mass is 368 g/mol. The molecule has 0 saturated heterocycles. The van der Waals surface area contributed by atoms with Gasteiger partial charge in [-0.25, -0.2) is 9.18 Å². The predicted molar refractivity (Wildman–Crippen MR) is 96.8 cm³/mol. The molecule has 0 atom stereocenters. The number of halogens is 2. The van der Waals surface area contributed by atoms with Gasteiger partial charge >= 0.3 is 5.97 Å². The van der Waals surface area contributed by atoms with Crippen molar-refractivity contribution in [3.8, 4) is 0 Å². The first-order valence-corrected chi connectivity index (χ1v) is 8.24. The molecule has 26 heavy (non-hydrogen) atoms. The lowest BCUT2D eigenvalue weighted by Crippen LogP contribution is -2.13. The Kier molecular flexibility index (Phi) is 5.44. The summed E-state index contributed by atoms with van der Waals surface area (Å²) in [6.07, 6.45) is 0. The van der Waals surface area contributed by atoms with Crippen molar-refractivity contribution >= 4 is 23.4 Å². The molecule has 0 aliphatic rings. The van der Waals surface area contributed by atoms with Crippen LogP contribution in [0.5, 0.6) is 0 Å². The maximum atomic E-state index is 13.8. The Morgan fingerprint density at radius 3 is 2.19 bits per heavy atom. The van der Waals surface area contributed by atoms with Crippen molar-refractivity contribution in [2.45, 2.75) is 6.61 Å². The van der Waals surface area contributed by atoms with Gasteiger partial charge in [-0.1, -0.05) is 66.2 Å². The van der Waals surface area contributed by atoms with Crippen LogP contribution in [0, 0.1) is 5.82 Å². The van der Waals surface area contributed by atoms with Gasteiger partial charge in [0.1, 0.15) is 12.4 Å². The van der Waals surface area contributed by atoms with Crippen molar-refractivity contribution in [1.29, 1.82) is 0 Å². The molecule has 0 amide bonds. The van der Waals surface area contributed by atoms with Gasteiger partial charge in [-0.3, -0.25) is 4.79 Å². The van der Waals surface area contributed by atoms with Crippen LogP contribution in [-0.4, -0.2) is 11.8 Å². The van der Waals surface area contributed by atoms with Gasteiger partial charge in [-0.2, -0.15) is 0 Å². The van der Waals surface area contributed by atoms with Crippen LogP contribution in [0.4, 0.5) is 4.39 Å². The lowest BCUT2D eigenvalue weighted by Gasteiger charge is -2.10. The summed E-state index contributed by atoms with van der Waals surface area (Å²) in [6, 6.07) is 19.2. The van der Waals surface area contributed by atoms with Crippen molar-refractivity contribution in [3.05, 3.63) is 106 Å². The quantitative estimate of drug-likeness (QED) is 0.466. The van der Waals surface area contributed by atoms with E-state index in [2.05, 4.69) is 0 Å². The van der Waals surface area contributed by atoms with Crippen molar-refractivity contribution in [1.82, 2.24) is 0 Å². The van der Waals surface area contributed by atoms with E-state index >= 15 is 0 Å². The fraction of sp³-hybridized carbons (Fsp3) is 0.0476. The standard InChI is InChI=1S/C21H14ClFO3/c22-18-11-6-12-19(23)17(18)13-26-21(25)16-10-5-4-9-15(16)20(24)14-7-2-1-3-8-14/h1-12H,13H2. The van der Waals surface area contributed by atoms with Crippen LogP contribution in [-0.2, 0) is 11.3 Å². The molecule has 5 heteroatoms. The van der Waals surface area contributed by atoms with Gasteiger partial charge < -0.3 is 4.74 Å². The maximum absolute atomic E-state index is 13.8. The van der Waals surface area contributed by atoms with Crippen molar-refractivity contribution in [2.75, 3.05) is 0 Å². The van der Waals surface area contributed by atoms with Gasteiger partial charge in [0.05, 0.1) is 10.6 Å².